The van der Waals surface area contributed by atoms with Gasteiger partial charge in [0.15, 0.2) is 0 Å². The third-order valence-electron chi connectivity index (χ3n) is 2.40. The highest BCUT2D eigenvalue weighted by Gasteiger charge is 2.03. The van der Waals surface area contributed by atoms with Crippen LogP contribution in [0.15, 0.2) is 36.4 Å². The minimum atomic E-state index is -3.21. The quantitative estimate of drug-likeness (QED) is 0.869. The van der Waals surface area contributed by atoms with E-state index in [-0.39, 0.29) is 0 Å². The Bertz CT molecular complexity index is 633. The largest absolute Gasteiger partial charge is 0.284 e. The maximum atomic E-state index is 11.1. The van der Waals surface area contributed by atoms with Crippen LogP contribution in [0.5, 0.6) is 0 Å². The number of aryl methyl sites for hydroxylation is 1. The monoisotopic (exact) mass is 235 g/mol. The SMILES string of the molecule is Cc1cccc2cc(NS(C)(=O)=O)ccc12. The summed E-state index contributed by atoms with van der Waals surface area (Å²) >= 11 is 0. The summed E-state index contributed by atoms with van der Waals surface area (Å²) in [6.45, 7) is 2.03. The van der Waals surface area contributed by atoms with Crippen molar-refractivity contribution in [1.82, 2.24) is 0 Å². The molecule has 0 aliphatic heterocycles. The second kappa shape index (κ2) is 3.79. The number of sulfonamides is 1. The molecule has 0 bridgehead atoms. The average molecular weight is 235 g/mol. The van der Waals surface area contributed by atoms with Crippen LogP contribution in [0, 0.1) is 6.92 Å². The van der Waals surface area contributed by atoms with Gasteiger partial charge in [0, 0.05) is 5.69 Å². The topological polar surface area (TPSA) is 46.2 Å². The molecule has 0 aliphatic carbocycles. The molecule has 0 aromatic heterocycles. The number of rotatable bonds is 2. The van der Waals surface area contributed by atoms with Crippen LogP contribution < -0.4 is 4.72 Å². The van der Waals surface area contributed by atoms with Crippen molar-refractivity contribution < 1.29 is 8.42 Å². The van der Waals surface area contributed by atoms with Crippen molar-refractivity contribution in [2.45, 2.75) is 6.92 Å². The van der Waals surface area contributed by atoms with Gasteiger partial charge in [0.05, 0.1) is 6.26 Å². The molecule has 3 nitrogen and oxygen atoms in total. The van der Waals surface area contributed by atoms with Crippen molar-refractivity contribution in [3.63, 3.8) is 0 Å². The molecular formula is C12H13NO2S. The van der Waals surface area contributed by atoms with Gasteiger partial charge in [-0.25, -0.2) is 8.42 Å². The smallest absolute Gasteiger partial charge is 0.229 e. The average Bonchev–Trinajstić information content (AvgIpc) is 2.15. The van der Waals surface area contributed by atoms with Gasteiger partial charge in [0.2, 0.25) is 10.0 Å². The molecule has 0 radical (unpaired) electrons. The van der Waals surface area contributed by atoms with E-state index < -0.39 is 10.0 Å². The molecule has 0 unspecified atom stereocenters. The third-order valence-corrected chi connectivity index (χ3v) is 3.01. The molecule has 0 atom stereocenters. The number of benzene rings is 2. The first kappa shape index (κ1) is 11.0. The molecule has 0 heterocycles. The van der Waals surface area contributed by atoms with Crippen LogP contribution in [0.1, 0.15) is 5.56 Å². The molecular weight excluding hydrogens is 222 g/mol. The van der Waals surface area contributed by atoms with Crippen LogP contribution >= 0.6 is 0 Å². The first-order valence-electron chi connectivity index (χ1n) is 4.93. The van der Waals surface area contributed by atoms with E-state index in [0.717, 1.165) is 17.0 Å². The van der Waals surface area contributed by atoms with E-state index in [2.05, 4.69) is 4.72 Å². The van der Waals surface area contributed by atoms with Crippen LogP contribution in [-0.4, -0.2) is 14.7 Å². The molecule has 0 fully saturated rings. The lowest BCUT2D eigenvalue weighted by atomic mass is 10.1. The Labute approximate surface area is 95.2 Å². The zero-order valence-electron chi connectivity index (χ0n) is 9.19. The Morgan fingerprint density at radius 3 is 2.56 bits per heavy atom. The van der Waals surface area contributed by atoms with Crippen molar-refractivity contribution in [2.75, 3.05) is 11.0 Å². The molecule has 2 rings (SSSR count). The Kier molecular flexibility index (Phi) is 2.59. The highest BCUT2D eigenvalue weighted by atomic mass is 32.2. The van der Waals surface area contributed by atoms with E-state index >= 15 is 0 Å². The van der Waals surface area contributed by atoms with E-state index in [4.69, 9.17) is 0 Å². The summed E-state index contributed by atoms with van der Waals surface area (Å²) in [6.07, 6.45) is 1.15. The van der Waals surface area contributed by atoms with Crippen molar-refractivity contribution in [1.29, 1.82) is 0 Å². The minimum absolute atomic E-state index is 0.598. The maximum absolute atomic E-state index is 11.1. The fourth-order valence-electron chi connectivity index (χ4n) is 1.72. The standard InChI is InChI=1S/C12H13NO2S/c1-9-4-3-5-10-8-11(6-7-12(9)10)13-16(2,14)15/h3-8,13H,1-2H3. The number of anilines is 1. The minimum Gasteiger partial charge on any atom is -0.284 e. The Morgan fingerprint density at radius 1 is 1.12 bits per heavy atom. The molecule has 2 aromatic rings. The lowest BCUT2D eigenvalue weighted by Crippen LogP contribution is -2.09. The van der Waals surface area contributed by atoms with E-state index in [1.807, 2.05) is 37.3 Å². The number of hydrogen-bond acceptors (Lipinski definition) is 2. The van der Waals surface area contributed by atoms with Gasteiger partial charge in [-0.15, -0.1) is 0 Å². The molecule has 0 spiro atoms. The lowest BCUT2D eigenvalue weighted by molar-refractivity contribution is 0.607. The fraction of sp³-hybridized carbons (Fsp3) is 0.167. The van der Waals surface area contributed by atoms with E-state index in [1.165, 1.54) is 5.56 Å². The summed E-state index contributed by atoms with van der Waals surface area (Å²) < 4.78 is 24.7. The van der Waals surface area contributed by atoms with E-state index in [1.54, 1.807) is 6.07 Å². The molecule has 0 amide bonds. The normalized spacial score (nSPS) is 11.6. The first-order valence-corrected chi connectivity index (χ1v) is 6.82. The third kappa shape index (κ3) is 2.33. The van der Waals surface area contributed by atoms with Crippen LogP contribution in [0.4, 0.5) is 5.69 Å². The van der Waals surface area contributed by atoms with Gasteiger partial charge in [0.1, 0.15) is 0 Å². The van der Waals surface area contributed by atoms with Crippen molar-refractivity contribution in [2.24, 2.45) is 0 Å². The van der Waals surface area contributed by atoms with E-state index in [0.29, 0.717) is 5.69 Å². The van der Waals surface area contributed by atoms with Gasteiger partial charge in [-0.3, -0.25) is 4.72 Å². The van der Waals surface area contributed by atoms with Gasteiger partial charge in [-0.1, -0.05) is 24.3 Å². The predicted molar refractivity (Wildman–Crippen MR) is 67.2 cm³/mol. The molecule has 84 valence electrons. The highest BCUT2D eigenvalue weighted by molar-refractivity contribution is 7.92. The zero-order chi connectivity index (χ0) is 11.8. The number of hydrogen-bond donors (Lipinski definition) is 1. The zero-order valence-corrected chi connectivity index (χ0v) is 10.0. The van der Waals surface area contributed by atoms with E-state index in [9.17, 15) is 8.42 Å². The van der Waals surface area contributed by atoms with Crippen molar-refractivity contribution in [3.8, 4) is 0 Å². The molecule has 0 saturated heterocycles. The summed E-state index contributed by atoms with van der Waals surface area (Å²) in [5, 5.41) is 2.18. The van der Waals surface area contributed by atoms with Gasteiger partial charge in [-0.05, 0) is 35.4 Å². The first-order chi connectivity index (χ1) is 7.46. The van der Waals surface area contributed by atoms with Crippen LogP contribution in [0.3, 0.4) is 0 Å². The Balaban J connectivity index is 2.53. The molecule has 2 aromatic carbocycles. The number of nitrogens with one attached hydrogen (secondary N) is 1. The lowest BCUT2D eigenvalue weighted by Gasteiger charge is -2.06. The summed E-state index contributed by atoms with van der Waals surface area (Å²) in [6, 6.07) is 11.5. The van der Waals surface area contributed by atoms with Crippen molar-refractivity contribution >= 4 is 26.5 Å². The second-order valence-electron chi connectivity index (χ2n) is 3.89. The van der Waals surface area contributed by atoms with Gasteiger partial charge < -0.3 is 0 Å². The molecule has 16 heavy (non-hydrogen) atoms. The molecule has 0 saturated carbocycles. The molecule has 1 N–H and O–H groups in total. The Hall–Kier alpha value is -1.55. The summed E-state index contributed by atoms with van der Waals surface area (Å²) in [5.74, 6) is 0. The molecule has 4 heteroatoms. The van der Waals surface area contributed by atoms with Gasteiger partial charge >= 0.3 is 0 Å². The maximum Gasteiger partial charge on any atom is 0.229 e. The second-order valence-corrected chi connectivity index (χ2v) is 5.63. The molecule has 0 aliphatic rings. The van der Waals surface area contributed by atoms with Gasteiger partial charge in [-0.2, -0.15) is 0 Å². The summed E-state index contributed by atoms with van der Waals surface area (Å²) in [7, 11) is -3.21. The highest BCUT2D eigenvalue weighted by Crippen LogP contribution is 2.22. The van der Waals surface area contributed by atoms with Crippen LogP contribution in [0.2, 0.25) is 0 Å². The number of fused-ring (bicyclic) bond motifs is 1. The van der Waals surface area contributed by atoms with Crippen molar-refractivity contribution in [3.05, 3.63) is 42.0 Å². The van der Waals surface area contributed by atoms with Gasteiger partial charge in [0.25, 0.3) is 0 Å². The van der Waals surface area contributed by atoms with Crippen LogP contribution in [-0.2, 0) is 10.0 Å². The van der Waals surface area contributed by atoms with Crippen LogP contribution in [0.25, 0.3) is 10.8 Å². The Morgan fingerprint density at radius 2 is 1.88 bits per heavy atom. The summed E-state index contributed by atoms with van der Waals surface area (Å²) in [4.78, 5) is 0. The summed E-state index contributed by atoms with van der Waals surface area (Å²) in [5.41, 5.74) is 1.78. The predicted octanol–water partition coefficient (Wildman–Crippen LogP) is 2.52. The fourth-order valence-corrected chi connectivity index (χ4v) is 2.28.